The molecule has 23 heavy (non-hydrogen) atoms. The lowest BCUT2D eigenvalue weighted by Crippen LogP contribution is -2.38. The Kier molecular flexibility index (Phi) is 4.46. The molecule has 0 aliphatic heterocycles. The number of nitrogens with one attached hydrogen (secondary N) is 1. The first kappa shape index (κ1) is 17.0. The van der Waals surface area contributed by atoms with Crippen LogP contribution >= 0.6 is 11.3 Å². The number of nitrogens with two attached hydrogens (primary N) is 1. The summed E-state index contributed by atoms with van der Waals surface area (Å²) in [5, 5.41) is 12.2. The lowest BCUT2D eigenvalue weighted by Gasteiger charge is -2.22. The summed E-state index contributed by atoms with van der Waals surface area (Å²) in [6.07, 6.45) is -0.803. The number of aromatic nitrogens is 1. The van der Waals surface area contributed by atoms with E-state index < -0.39 is 23.7 Å². The molecule has 7 nitrogen and oxygen atoms in total. The molecule has 0 fully saturated rings. The number of carbonyl (C=O) groups excluding carboxylic acids is 1. The number of carboxylic acid groups (broad SMARTS) is 1. The third kappa shape index (κ3) is 4.10. The Morgan fingerprint density at radius 3 is 2.61 bits per heavy atom. The molecule has 1 amide bonds. The minimum Gasteiger partial charge on any atom is -0.479 e. The average molecular weight is 337 g/mol. The number of ether oxygens (including phenoxy) is 1. The molecule has 0 saturated carbocycles. The highest BCUT2D eigenvalue weighted by Crippen LogP contribution is 2.31. The molecule has 0 spiro atoms. The Morgan fingerprint density at radius 2 is 2.04 bits per heavy atom. The number of hydrogen-bond acceptors (Lipinski definition) is 6. The molecule has 1 atom stereocenters. The third-order valence-corrected chi connectivity index (χ3v) is 3.74. The molecule has 1 aromatic heterocycles. The van der Waals surface area contributed by atoms with Crippen LogP contribution in [0.5, 0.6) is 0 Å². The number of carbonyl (C=O) groups is 2. The largest absolute Gasteiger partial charge is 0.479 e. The number of rotatable bonds is 3. The lowest BCUT2D eigenvalue weighted by atomic mass is 10.0. The van der Waals surface area contributed by atoms with Crippen LogP contribution in [-0.4, -0.2) is 27.8 Å². The van der Waals surface area contributed by atoms with E-state index >= 15 is 0 Å². The number of alkyl carbamates (subject to hydrolysis) is 1. The maximum absolute atomic E-state index is 11.9. The first-order valence-corrected chi connectivity index (χ1v) is 7.77. The van der Waals surface area contributed by atoms with Gasteiger partial charge < -0.3 is 20.9 Å². The lowest BCUT2D eigenvalue weighted by molar-refractivity contribution is -0.139. The normalized spacial score (nSPS) is 12.9. The first-order chi connectivity index (χ1) is 10.6. The van der Waals surface area contributed by atoms with Crippen LogP contribution in [0, 0.1) is 6.92 Å². The van der Waals surface area contributed by atoms with E-state index in [4.69, 9.17) is 10.5 Å². The molecule has 1 unspecified atom stereocenters. The van der Waals surface area contributed by atoms with Gasteiger partial charge in [-0.05, 0) is 39.3 Å². The van der Waals surface area contributed by atoms with Gasteiger partial charge in [0, 0.05) is 5.56 Å². The Hall–Kier alpha value is -2.35. The van der Waals surface area contributed by atoms with E-state index in [1.807, 2.05) is 13.0 Å². The average Bonchev–Trinajstić information content (AvgIpc) is 2.72. The van der Waals surface area contributed by atoms with Crippen molar-refractivity contribution in [3.63, 3.8) is 0 Å². The summed E-state index contributed by atoms with van der Waals surface area (Å²) in [4.78, 5) is 27.8. The number of anilines is 1. The second kappa shape index (κ2) is 6.04. The maximum Gasteiger partial charge on any atom is 0.408 e. The number of amides is 1. The molecule has 0 bridgehead atoms. The number of nitrogen functional groups attached to an aromatic ring is 1. The predicted molar refractivity (Wildman–Crippen MR) is 88.5 cm³/mol. The molecule has 8 heteroatoms. The number of thiazole rings is 1. The first-order valence-electron chi connectivity index (χ1n) is 6.95. The number of nitrogens with zero attached hydrogens (tertiary/aromatic N) is 1. The van der Waals surface area contributed by atoms with Crippen LogP contribution in [0.1, 0.15) is 37.9 Å². The predicted octanol–water partition coefficient (Wildman–Crippen LogP) is 2.84. The molecule has 2 aromatic rings. The summed E-state index contributed by atoms with van der Waals surface area (Å²) >= 11 is 1.27. The van der Waals surface area contributed by atoms with E-state index in [1.54, 1.807) is 26.8 Å². The van der Waals surface area contributed by atoms with Crippen molar-refractivity contribution in [2.45, 2.75) is 39.3 Å². The van der Waals surface area contributed by atoms with E-state index in [2.05, 4.69) is 10.3 Å². The van der Waals surface area contributed by atoms with Crippen LogP contribution in [0.3, 0.4) is 0 Å². The van der Waals surface area contributed by atoms with Gasteiger partial charge in [-0.1, -0.05) is 17.4 Å². The number of aryl methyl sites for hydroxylation is 1. The van der Waals surface area contributed by atoms with Crippen LogP contribution in [0.15, 0.2) is 12.1 Å². The van der Waals surface area contributed by atoms with Gasteiger partial charge in [0.1, 0.15) is 5.60 Å². The van der Waals surface area contributed by atoms with Crippen LogP contribution in [0.4, 0.5) is 9.93 Å². The highest BCUT2D eigenvalue weighted by atomic mass is 32.1. The number of hydrogen-bond donors (Lipinski definition) is 3. The molecule has 2 rings (SSSR count). The molecule has 1 heterocycles. The van der Waals surface area contributed by atoms with Gasteiger partial charge in [0.15, 0.2) is 11.2 Å². The molecular formula is C15H19N3O4S. The highest BCUT2D eigenvalue weighted by Gasteiger charge is 2.28. The van der Waals surface area contributed by atoms with Crippen LogP contribution in [0.2, 0.25) is 0 Å². The van der Waals surface area contributed by atoms with E-state index in [1.165, 1.54) is 11.3 Å². The van der Waals surface area contributed by atoms with Gasteiger partial charge in [0.05, 0.1) is 10.2 Å². The molecule has 1 aromatic carbocycles. The van der Waals surface area contributed by atoms with Crippen molar-refractivity contribution in [3.8, 4) is 0 Å². The topological polar surface area (TPSA) is 115 Å². The summed E-state index contributed by atoms with van der Waals surface area (Å²) in [7, 11) is 0. The van der Waals surface area contributed by atoms with Crippen LogP contribution in [0.25, 0.3) is 10.2 Å². The fourth-order valence-electron chi connectivity index (χ4n) is 2.13. The molecule has 0 saturated heterocycles. The van der Waals surface area contributed by atoms with Crippen molar-refractivity contribution < 1.29 is 19.4 Å². The third-order valence-electron chi connectivity index (χ3n) is 2.90. The van der Waals surface area contributed by atoms with Gasteiger partial charge in [0.25, 0.3) is 0 Å². The van der Waals surface area contributed by atoms with Crippen molar-refractivity contribution in [2.24, 2.45) is 0 Å². The van der Waals surface area contributed by atoms with Gasteiger partial charge in [0.2, 0.25) is 0 Å². The highest BCUT2D eigenvalue weighted by molar-refractivity contribution is 7.22. The number of fused-ring (bicyclic) bond motifs is 1. The van der Waals surface area contributed by atoms with Crippen molar-refractivity contribution in [2.75, 3.05) is 5.73 Å². The van der Waals surface area contributed by atoms with Gasteiger partial charge in [-0.25, -0.2) is 14.6 Å². The maximum atomic E-state index is 11.9. The smallest absolute Gasteiger partial charge is 0.408 e. The van der Waals surface area contributed by atoms with Gasteiger partial charge >= 0.3 is 12.1 Å². The van der Waals surface area contributed by atoms with Crippen LogP contribution < -0.4 is 11.1 Å². The molecule has 0 aliphatic carbocycles. The van der Waals surface area contributed by atoms with Gasteiger partial charge in [-0.2, -0.15) is 0 Å². The second-order valence-electron chi connectivity index (χ2n) is 6.17. The summed E-state index contributed by atoms with van der Waals surface area (Å²) in [5.41, 5.74) is 6.71. The summed E-state index contributed by atoms with van der Waals surface area (Å²) in [6.45, 7) is 6.95. The summed E-state index contributed by atoms with van der Waals surface area (Å²) < 4.78 is 5.90. The fourth-order valence-corrected chi connectivity index (χ4v) is 3.00. The molecule has 0 aliphatic rings. The summed E-state index contributed by atoms with van der Waals surface area (Å²) in [6, 6.07) is 2.28. The Morgan fingerprint density at radius 1 is 1.39 bits per heavy atom. The van der Waals surface area contributed by atoms with E-state index in [-0.39, 0.29) is 0 Å². The fraction of sp³-hybridized carbons (Fsp3) is 0.400. The Bertz CT molecular complexity index is 764. The minimum absolute atomic E-state index is 0.341. The Balaban J connectivity index is 2.42. The number of carboxylic acids is 1. The molecule has 4 N–H and O–H groups in total. The monoisotopic (exact) mass is 337 g/mol. The second-order valence-corrected chi connectivity index (χ2v) is 7.23. The van der Waals surface area contributed by atoms with Crippen LogP contribution in [-0.2, 0) is 9.53 Å². The van der Waals surface area contributed by atoms with Crippen molar-refractivity contribution in [1.82, 2.24) is 10.3 Å². The van der Waals surface area contributed by atoms with Gasteiger partial charge in [-0.3, -0.25) is 0 Å². The standard InChI is InChI=1S/C15H19N3O4S/c1-7-5-8(10-9(6-7)23-13(16)17-10)11(12(19)20)18-14(21)22-15(2,3)4/h5-6,11H,1-4H3,(H2,16,17)(H,18,21)(H,19,20). The molecular weight excluding hydrogens is 318 g/mol. The minimum atomic E-state index is -1.27. The van der Waals surface area contributed by atoms with Crippen molar-refractivity contribution in [3.05, 3.63) is 23.3 Å². The van der Waals surface area contributed by atoms with E-state index in [9.17, 15) is 14.7 Å². The molecule has 124 valence electrons. The number of aliphatic carboxylic acids is 1. The van der Waals surface area contributed by atoms with Crippen molar-refractivity contribution >= 4 is 38.7 Å². The Labute approximate surface area is 137 Å². The zero-order valence-electron chi connectivity index (χ0n) is 13.3. The zero-order valence-corrected chi connectivity index (χ0v) is 14.2. The SMILES string of the molecule is Cc1cc(C(NC(=O)OC(C)(C)C)C(=O)O)c2nc(N)sc2c1. The van der Waals surface area contributed by atoms with Crippen molar-refractivity contribution in [1.29, 1.82) is 0 Å². The zero-order chi connectivity index (χ0) is 17.4. The van der Waals surface area contributed by atoms with E-state index in [0.717, 1.165) is 10.3 Å². The number of benzene rings is 1. The summed E-state index contributed by atoms with van der Waals surface area (Å²) in [5.74, 6) is -1.20. The van der Waals surface area contributed by atoms with Gasteiger partial charge in [-0.15, -0.1) is 0 Å². The molecule has 0 radical (unpaired) electrons. The quantitative estimate of drug-likeness (QED) is 0.793. The van der Waals surface area contributed by atoms with E-state index in [0.29, 0.717) is 16.2 Å².